The van der Waals surface area contributed by atoms with Gasteiger partial charge in [0.2, 0.25) is 0 Å². The molecule has 54 valence electrons. The largest absolute Gasteiger partial charge is 3.00 e. The Morgan fingerprint density at radius 3 is 0.500 bits per heavy atom. The molecule has 0 aliphatic carbocycles. The zero-order valence-corrected chi connectivity index (χ0v) is 5.59. The van der Waals surface area contributed by atoms with Crippen LogP contribution in [-0.4, -0.2) is 11.0 Å². The molecule has 4 N–H and O–H groups in total. The average Bonchev–Trinajstić information content (AvgIpc) is 0. The van der Waals surface area contributed by atoms with E-state index in [4.69, 9.17) is 0 Å². The number of rotatable bonds is 0. The monoisotopic (exact) mass is 204 g/mol. The third-order valence-corrected chi connectivity index (χ3v) is 0. The molecule has 0 atom stereocenters. The van der Waals surface area contributed by atoms with Crippen LogP contribution in [0.15, 0.2) is 0 Å². The summed E-state index contributed by atoms with van der Waals surface area (Å²) < 4.78 is 0. The van der Waals surface area contributed by atoms with Crippen LogP contribution < -0.4 is 0 Å². The summed E-state index contributed by atoms with van der Waals surface area (Å²) >= 11 is 0. The molecule has 0 aromatic heterocycles. The van der Waals surface area contributed by atoms with Crippen LogP contribution in [0.1, 0.15) is 7.43 Å². The molecule has 0 fully saturated rings. The first-order valence-electron chi connectivity index (χ1n) is 0. The summed E-state index contributed by atoms with van der Waals surface area (Å²) in [5.74, 6) is 0. The van der Waals surface area contributed by atoms with Gasteiger partial charge in [-0.25, -0.2) is 0 Å². The molecule has 0 bridgehead atoms. The van der Waals surface area contributed by atoms with Crippen molar-refractivity contribution in [3.05, 3.63) is 0 Å². The molecule has 0 aromatic rings. The minimum absolute atomic E-state index is 0. The van der Waals surface area contributed by atoms with E-state index in [9.17, 15) is 0 Å². The molecule has 8 heavy (non-hydrogen) atoms. The second-order valence-corrected chi connectivity index (χ2v) is 0. The van der Waals surface area contributed by atoms with E-state index < -0.39 is 0 Å². The molecule has 0 aliphatic rings. The van der Waals surface area contributed by atoms with Crippen molar-refractivity contribution in [2.45, 2.75) is 7.43 Å². The molecule has 0 saturated carbocycles. The molecule has 0 aliphatic heterocycles. The van der Waals surface area contributed by atoms with Gasteiger partial charge < -0.3 is 27.4 Å². The van der Waals surface area contributed by atoms with Crippen LogP contribution >= 0.6 is 0 Å². The molecule has 0 amide bonds. The van der Waals surface area contributed by atoms with Crippen LogP contribution in [0.2, 0.25) is 0 Å². The van der Waals surface area contributed by atoms with Crippen molar-refractivity contribution < 1.29 is 62.1 Å². The van der Waals surface area contributed by atoms with Crippen LogP contribution in [0.25, 0.3) is 0 Å². The Morgan fingerprint density at radius 2 is 0.500 bits per heavy atom. The van der Waals surface area contributed by atoms with Gasteiger partial charge in [0, 0.05) is 0 Å². The standard InChI is InChI=1S/CH4.2Cr.2H2O.3O/h1H4;;;2*1H2;;;/q;2*+3;;;3*-2. The molecular formula is CH8Cr2O5. The molecule has 0 spiro atoms. The molecule has 0 unspecified atom stereocenters. The maximum absolute atomic E-state index is 0. The molecule has 0 saturated heterocycles. The van der Waals surface area contributed by atoms with Gasteiger partial charge in [0.15, 0.2) is 0 Å². The van der Waals surface area contributed by atoms with Crippen molar-refractivity contribution >= 4 is 0 Å². The van der Waals surface area contributed by atoms with E-state index in [1.807, 2.05) is 0 Å². The first-order chi connectivity index (χ1) is 0. The first kappa shape index (κ1) is 733. The van der Waals surface area contributed by atoms with Crippen LogP contribution in [0.3, 0.4) is 0 Å². The fourth-order valence-electron chi connectivity index (χ4n) is 0. The van der Waals surface area contributed by atoms with E-state index in [0.717, 1.165) is 0 Å². The van der Waals surface area contributed by atoms with Crippen molar-refractivity contribution in [1.82, 2.24) is 0 Å². The van der Waals surface area contributed by atoms with Gasteiger partial charge in [-0.2, -0.15) is 0 Å². The summed E-state index contributed by atoms with van der Waals surface area (Å²) in [7, 11) is 0. The molecule has 5 nitrogen and oxygen atoms in total. The Balaban J connectivity index is 0. The van der Waals surface area contributed by atoms with Gasteiger partial charge >= 0.3 is 34.7 Å². The summed E-state index contributed by atoms with van der Waals surface area (Å²) in [6.45, 7) is 0. The maximum atomic E-state index is 0. The third-order valence-electron chi connectivity index (χ3n) is 0. The van der Waals surface area contributed by atoms with E-state index in [0.29, 0.717) is 0 Å². The van der Waals surface area contributed by atoms with Gasteiger partial charge in [0.25, 0.3) is 0 Å². The zero-order valence-electron chi connectivity index (χ0n) is 3.04. The Labute approximate surface area is 69.9 Å². The summed E-state index contributed by atoms with van der Waals surface area (Å²) in [6.07, 6.45) is 0. The van der Waals surface area contributed by atoms with Crippen LogP contribution in [0, 0.1) is 0 Å². The predicted molar refractivity (Wildman–Crippen MR) is 16.0 cm³/mol. The Morgan fingerprint density at radius 1 is 0.500 bits per heavy atom. The van der Waals surface area contributed by atoms with Crippen LogP contribution in [-0.2, 0) is 51.2 Å². The van der Waals surface area contributed by atoms with E-state index in [1.165, 1.54) is 0 Å². The van der Waals surface area contributed by atoms with Crippen molar-refractivity contribution in [1.29, 1.82) is 0 Å². The van der Waals surface area contributed by atoms with Crippen molar-refractivity contribution in [2.24, 2.45) is 0 Å². The average molecular weight is 204 g/mol. The van der Waals surface area contributed by atoms with Gasteiger partial charge in [-0.3, -0.25) is 0 Å². The molecule has 7 heteroatoms. The van der Waals surface area contributed by atoms with E-state index in [-0.39, 0.29) is 69.5 Å². The van der Waals surface area contributed by atoms with Gasteiger partial charge in [-0.15, -0.1) is 0 Å². The van der Waals surface area contributed by atoms with Gasteiger partial charge in [0.1, 0.15) is 0 Å². The van der Waals surface area contributed by atoms with Crippen LogP contribution in [0.4, 0.5) is 0 Å². The fourth-order valence-corrected chi connectivity index (χ4v) is 0. The summed E-state index contributed by atoms with van der Waals surface area (Å²) in [5, 5.41) is 0. The fraction of sp³-hybridized carbons (Fsp3) is 1.00. The number of hydrogen-bond acceptors (Lipinski definition) is 0. The first-order valence-corrected chi connectivity index (χ1v) is 0. The predicted octanol–water partition coefficient (Wildman–Crippen LogP) is -1.37. The topological polar surface area (TPSA) is 148 Å². The van der Waals surface area contributed by atoms with Crippen molar-refractivity contribution in [2.75, 3.05) is 0 Å². The molecule has 2 radical (unpaired) electrons. The normalized spacial score (nSPS) is 0. The number of hydrogen-bond donors (Lipinski definition) is 0. The molecule has 0 heterocycles. The summed E-state index contributed by atoms with van der Waals surface area (Å²) in [5.41, 5.74) is 0. The van der Waals surface area contributed by atoms with Gasteiger partial charge in [-0.05, 0) is 0 Å². The van der Waals surface area contributed by atoms with Gasteiger partial charge in [-0.1, -0.05) is 7.43 Å². The second kappa shape index (κ2) is 495. The second-order valence-electron chi connectivity index (χ2n) is 0. The smallest absolute Gasteiger partial charge is 2.00 e. The SMILES string of the molecule is C.O.O.[Cr+3].[Cr+3].[O-2].[O-2].[O-2]. The molecule has 0 aromatic carbocycles. The summed E-state index contributed by atoms with van der Waals surface area (Å²) in [4.78, 5) is 0. The Kier molecular flexibility index (Phi) is 45400. The minimum Gasteiger partial charge on any atom is -2.00 e. The van der Waals surface area contributed by atoms with E-state index >= 15 is 0 Å². The third kappa shape index (κ3) is 316. The van der Waals surface area contributed by atoms with Gasteiger partial charge in [0.05, 0.1) is 0 Å². The zero-order chi connectivity index (χ0) is 0. The van der Waals surface area contributed by atoms with E-state index in [2.05, 4.69) is 0 Å². The molecule has 0 rings (SSSR count). The maximum Gasteiger partial charge on any atom is 3.00 e. The van der Waals surface area contributed by atoms with Crippen LogP contribution in [0.5, 0.6) is 0 Å². The Hall–Kier alpha value is 0.865. The van der Waals surface area contributed by atoms with Crippen molar-refractivity contribution in [3.63, 3.8) is 0 Å². The van der Waals surface area contributed by atoms with Crippen molar-refractivity contribution in [3.8, 4) is 0 Å². The quantitative estimate of drug-likeness (QED) is 0.457. The Bertz CT molecular complexity index is 10.4. The minimum atomic E-state index is 0. The van der Waals surface area contributed by atoms with E-state index in [1.54, 1.807) is 0 Å². The summed E-state index contributed by atoms with van der Waals surface area (Å²) in [6, 6.07) is 0. The molecular weight excluding hydrogens is 196 g/mol.